The van der Waals surface area contributed by atoms with E-state index in [2.05, 4.69) is 17.0 Å². The molecule has 0 atom stereocenters. The highest BCUT2D eigenvalue weighted by molar-refractivity contribution is 6.01. The van der Waals surface area contributed by atoms with Gasteiger partial charge in [-0.2, -0.15) is 5.10 Å². The topological polar surface area (TPSA) is 68.0 Å². The molecule has 120 valence electrons. The molecule has 0 aliphatic carbocycles. The summed E-state index contributed by atoms with van der Waals surface area (Å²) in [6, 6.07) is 1.86. The van der Waals surface area contributed by atoms with E-state index in [0.717, 1.165) is 18.5 Å². The van der Waals surface area contributed by atoms with E-state index in [4.69, 9.17) is 0 Å². The van der Waals surface area contributed by atoms with Crippen LogP contribution in [-0.4, -0.2) is 25.8 Å². The largest absolute Gasteiger partial charge is 0.478 e. The summed E-state index contributed by atoms with van der Waals surface area (Å²) in [4.78, 5) is 16.2. The van der Waals surface area contributed by atoms with E-state index in [-0.39, 0.29) is 6.04 Å². The third-order valence-electron chi connectivity index (χ3n) is 3.88. The lowest BCUT2D eigenvalue weighted by atomic mass is 10.1. The zero-order chi connectivity index (χ0) is 16.1. The molecule has 2 aromatic rings. The minimum absolute atomic E-state index is 0.159. The van der Waals surface area contributed by atoms with Gasteiger partial charge in [0.05, 0.1) is 17.1 Å². The highest BCUT2D eigenvalue weighted by Crippen LogP contribution is 2.22. The van der Waals surface area contributed by atoms with Gasteiger partial charge in [-0.1, -0.05) is 32.6 Å². The number of carboxylic acids is 1. The van der Waals surface area contributed by atoms with Crippen molar-refractivity contribution in [3.63, 3.8) is 0 Å². The Labute approximate surface area is 131 Å². The Balaban J connectivity index is 2.26. The van der Waals surface area contributed by atoms with Crippen molar-refractivity contribution >= 4 is 17.0 Å². The second-order valence-corrected chi connectivity index (χ2v) is 6.05. The standard InChI is InChI=1S/C17H25N3O2/c1-4-5-6-7-8-9-13-10-14(17(21)22)15-11-18-20(12(2)3)16(15)19-13/h10-12H,4-9H2,1-3H3,(H,21,22). The molecule has 0 amide bonds. The highest BCUT2D eigenvalue weighted by atomic mass is 16.4. The van der Waals surface area contributed by atoms with E-state index < -0.39 is 5.97 Å². The Morgan fingerprint density at radius 2 is 2.00 bits per heavy atom. The number of rotatable bonds is 8. The quantitative estimate of drug-likeness (QED) is 0.741. The van der Waals surface area contributed by atoms with Gasteiger partial charge in [-0.15, -0.1) is 0 Å². The summed E-state index contributed by atoms with van der Waals surface area (Å²) in [5.41, 5.74) is 1.84. The lowest BCUT2D eigenvalue weighted by Crippen LogP contribution is -2.06. The van der Waals surface area contributed by atoms with Crippen LogP contribution in [0.1, 0.15) is 75.0 Å². The van der Waals surface area contributed by atoms with Crippen LogP contribution < -0.4 is 0 Å². The molecule has 0 fully saturated rings. The summed E-state index contributed by atoms with van der Waals surface area (Å²) in [5.74, 6) is -0.914. The number of nitrogens with zero attached hydrogens (tertiary/aromatic N) is 3. The Morgan fingerprint density at radius 3 is 2.64 bits per heavy atom. The zero-order valence-electron chi connectivity index (χ0n) is 13.7. The van der Waals surface area contributed by atoms with E-state index in [1.54, 1.807) is 16.9 Å². The fourth-order valence-electron chi connectivity index (χ4n) is 2.66. The van der Waals surface area contributed by atoms with Gasteiger partial charge < -0.3 is 5.11 Å². The van der Waals surface area contributed by atoms with Gasteiger partial charge in [-0.3, -0.25) is 0 Å². The van der Waals surface area contributed by atoms with Crippen molar-refractivity contribution in [1.82, 2.24) is 14.8 Å². The number of pyridine rings is 1. The van der Waals surface area contributed by atoms with Crippen molar-refractivity contribution < 1.29 is 9.90 Å². The van der Waals surface area contributed by atoms with Crippen LogP contribution in [0.5, 0.6) is 0 Å². The summed E-state index contributed by atoms with van der Waals surface area (Å²) in [6.07, 6.45) is 8.36. The third-order valence-corrected chi connectivity index (χ3v) is 3.88. The van der Waals surface area contributed by atoms with Crippen molar-refractivity contribution in [3.8, 4) is 0 Å². The van der Waals surface area contributed by atoms with E-state index in [1.165, 1.54) is 25.7 Å². The number of hydrogen-bond donors (Lipinski definition) is 1. The predicted octanol–water partition coefficient (Wildman–Crippen LogP) is 4.22. The molecule has 5 nitrogen and oxygen atoms in total. The number of aromatic carboxylic acids is 1. The first-order valence-electron chi connectivity index (χ1n) is 8.15. The van der Waals surface area contributed by atoms with Gasteiger partial charge in [0, 0.05) is 11.7 Å². The maximum atomic E-state index is 11.5. The first-order valence-corrected chi connectivity index (χ1v) is 8.15. The van der Waals surface area contributed by atoms with E-state index in [9.17, 15) is 9.90 Å². The van der Waals surface area contributed by atoms with E-state index in [1.807, 2.05) is 13.8 Å². The molecule has 0 unspecified atom stereocenters. The molecule has 0 radical (unpaired) electrons. The Kier molecular flexibility index (Phi) is 5.52. The monoisotopic (exact) mass is 303 g/mol. The molecule has 0 spiro atoms. The number of hydrogen-bond acceptors (Lipinski definition) is 3. The number of aryl methyl sites for hydroxylation is 1. The van der Waals surface area contributed by atoms with Crippen LogP contribution in [0, 0.1) is 0 Å². The van der Waals surface area contributed by atoms with Crippen LogP contribution in [0.25, 0.3) is 11.0 Å². The Morgan fingerprint density at radius 1 is 1.27 bits per heavy atom. The zero-order valence-corrected chi connectivity index (χ0v) is 13.7. The first-order chi connectivity index (χ1) is 10.5. The molecule has 5 heteroatoms. The second kappa shape index (κ2) is 7.38. The average Bonchev–Trinajstić information content (AvgIpc) is 2.90. The summed E-state index contributed by atoms with van der Waals surface area (Å²) in [7, 11) is 0. The average molecular weight is 303 g/mol. The molecule has 0 bridgehead atoms. The van der Waals surface area contributed by atoms with Gasteiger partial charge in [0.2, 0.25) is 0 Å². The molecule has 1 N–H and O–H groups in total. The molecule has 0 saturated heterocycles. The molecule has 0 saturated carbocycles. The van der Waals surface area contributed by atoms with Crippen molar-refractivity contribution in [2.24, 2.45) is 0 Å². The Hall–Kier alpha value is -1.91. The van der Waals surface area contributed by atoms with Crippen LogP contribution in [0.4, 0.5) is 0 Å². The number of carboxylic acid groups (broad SMARTS) is 1. The molecule has 2 aromatic heterocycles. The fraction of sp³-hybridized carbons (Fsp3) is 0.588. The maximum Gasteiger partial charge on any atom is 0.336 e. The summed E-state index contributed by atoms with van der Waals surface area (Å²) in [5, 5.41) is 14.3. The normalized spacial score (nSPS) is 11.5. The van der Waals surface area contributed by atoms with Crippen LogP contribution in [-0.2, 0) is 6.42 Å². The summed E-state index contributed by atoms with van der Waals surface area (Å²) >= 11 is 0. The number of unbranched alkanes of at least 4 members (excludes halogenated alkanes) is 4. The second-order valence-electron chi connectivity index (χ2n) is 6.05. The van der Waals surface area contributed by atoms with Gasteiger partial charge >= 0.3 is 5.97 Å². The molecule has 2 rings (SSSR count). The van der Waals surface area contributed by atoms with Crippen LogP contribution in [0.2, 0.25) is 0 Å². The van der Waals surface area contributed by atoms with Gasteiger partial charge in [-0.05, 0) is 32.8 Å². The minimum Gasteiger partial charge on any atom is -0.478 e. The van der Waals surface area contributed by atoms with Crippen LogP contribution in [0.15, 0.2) is 12.3 Å². The van der Waals surface area contributed by atoms with Crippen molar-refractivity contribution in [2.45, 2.75) is 65.3 Å². The lowest BCUT2D eigenvalue weighted by Gasteiger charge is -2.09. The van der Waals surface area contributed by atoms with Gasteiger partial charge in [0.25, 0.3) is 0 Å². The van der Waals surface area contributed by atoms with Gasteiger partial charge in [-0.25, -0.2) is 14.5 Å². The molecule has 0 aliphatic rings. The fourth-order valence-corrected chi connectivity index (χ4v) is 2.66. The Bertz CT molecular complexity index is 647. The van der Waals surface area contributed by atoms with Crippen LogP contribution in [0.3, 0.4) is 0 Å². The molecule has 2 heterocycles. The van der Waals surface area contributed by atoms with E-state index in [0.29, 0.717) is 16.6 Å². The smallest absolute Gasteiger partial charge is 0.336 e. The van der Waals surface area contributed by atoms with E-state index >= 15 is 0 Å². The molecular formula is C17H25N3O2. The lowest BCUT2D eigenvalue weighted by molar-refractivity contribution is 0.0699. The van der Waals surface area contributed by atoms with Crippen molar-refractivity contribution in [2.75, 3.05) is 0 Å². The molecule has 0 aromatic carbocycles. The van der Waals surface area contributed by atoms with Gasteiger partial charge in [0.15, 0.2) is 5.65 Å². The molecular weight excluding hydrogens is 278 g/mol. The molecule has 22 heavy (non-hydrogen) atoms. The number of fused-ring (bicyclic) bond motifs is 1. The number of carbonyl (C=O) groups is 1. The molecule has 0 aliphatic heterocycles. The summed E-state index contributed by atoms with van der Waals surface area (Å²) < 4.78 is 1.79. The van der Waals surface area contributed by atoms with Gasteiger partial charge in [0.1, 0.15) is 0 Å². The highest BCUT2D eigenvalue weighted by Gasteiger charge is 2.16. The SMILES string of the molecule is CCCCCCCc1cc(C(=O)O)c2cnn(C(C)C)c2n1. The summed E-state index contributed by atoms with van der Waals surface area (Å²) in [6.45, 7) is 6.24. The number of aromatic nitrogens is 3. The third kappa shape index (κ3) is 3.64. The maximum absolute atomic E-state index is 11.5. The van der Waals surface area contributed by atoms with Crippen LogP contribution >= 0.6 is 0 Å². The van der Waals surface area contributed by atoms with Crippen molar-refractivity contribution in [3.05, 3.63) is 23.5 Å². The minimum atomic E-state index is -0.914. The van der Waals surface area contributed by atoms with Crippen molar-refractivity contribution in [1.29, 1.82) is 0 Å². The predicted molar refractivity (Wildman–Crippen MR) is 87.3 cm³/mol. The first kappa shape index (κ1) is 16.5.